The van der Waals surface area contributed by atoms with Crippen LogP contribution in [0, 0.1) is 11.8 Å². The van der Waals surface area contributed by atoms with Gasteiger partial charge < -0.3 is 0 Å². The van der Waals surface area contributed by atoms with Crippen LogP contribution in [0.5, 0.6) is 0 Å². The van der Waals surface area contributed by atoms with Crippen LogP contribution in [0.15, 0.2) is 34.1 Å². The van der Waals surface area contributed by atoms with Crippen LogP contribution in [0.1, 0.15) is 116 Å². The molecule has 38 heavy (non-hydrogen) atoms. The van der Waals surface area contributed by atoms with Crippen molar-refractivity contribution in [1.82, 2.24) is 0 Å². The van der Waals surface area contributed by atoms with Crippen molar-refractivity contribution in [1.29, 1.82) is 0 Å². The van der Waals surface area contributed by atoms with Crippen LogP contribution < -0.4 is 0 Å². The number of rotatable bonds is 18. The van der Waals surface area contributed by atoms with E-state index in [2.05, 4.69) is 27.7 Å². The first-order valence-corrected chi connectivity index (χ1v) is 17.3. The summed E-state index contributed by atoms with van der Waals surface area (Å²) in [4.78, 5) is -0.613. The molecule has 2 aromatic carbocycles. The molecule has 0 aromatic heterocycles. The van der Waals surface area contributed by atoms with E-state index in [4.69, 9.17) is 0 Å². The highest BCUT2D eigenvalue weighted by Crippen LogP contribution is 2.34. The Hall–Kier alpha value is -1.48. The van der Waals surface area contributed by atoms with Crippen LogP contribution in [-0.2, 0) is 33.1 Å². The first kappa shape index (κ1) is 32.7. The normalized spacial score (nSPS) is 14.2. The summed E-state index contributed by atoms with van der Waals surface area (Å²) < 4.78 is 69.9. The van der Waals surface area contributed by atoms with Gasteiger partial charge in [0.25, 0.3) is 20.2 Å². The Kier molecular flexibility index (Phi) is 13.2. The predicted molar refractivity (Wildman–Crippen MR) is 156 cm³/mol. The fraction of sp³-hybridized carbons (Fsp3) is 0.667. The van der Waals surface area contributed by atoms with E-state index in [0.29, 0.717) is 24.0 Å². The van der Waals surface area contributed by atoms with E-state index >= 15 is 0 Å². The zero-order valence-corrected chi connectivity index (χ0v) is 25.3. The summed E-state index contributed by atoms with van der Waals surface area (Å²) in [5.74, 6) is 0.518. The largest absolute Gasteiger partial charge is 0.295 e. The number of benzene rings is 2. The van der Waals surface area contributed by atoms with Crippen LogP contribution in [-0.4, -0.2) is 25.9 Å². The lowest BCUT2D eigenvalue weighted by Crippen LogP contribution is -2.08. The van der Waals surface area contributed by atoms with Crippen LogP contribution >= 0.6 is 0 Å². The molecule has 2 N–H and O–H groups in total. The lowest BCUT2D eigenvalue weighted by molar-refractivity contribution is 0.477. The zero-order chi connectivity index (χ0) is 28.3. The SMILES string of the molecule is CCCCCCCC(C)Cc1cc(S(=O)(=O)O)c2cc(CC(C)CCCCCCC)cc(S(=O)(=O)O)c2c1. The first-order chi connectivity index (χ1) is 17.9. The Morgan fingerprint density at radius 1 is 0.579 bits per heavy atom. The molecule has 0 amide bonds. The quantitative estimate of drug-likeness (QED) is 0.138. The lowest BCUT2D eigenvalue weighted by Gasteiger charge is -2.17. The summed E-state index contributed by atoms with van der Waals surface area (Å²) in [6.45, 7) is 8.53. The molecule has 0 saturated heterocycles. The maximum Gasteiger partial charge on any atom is 0.295 e. The number of unbranched alkanes of at least 4 members (excludes halogenated alkanes) is 8. The van der Waals surface area contributed by atoms with E-state index in [1.807, 2.05) is 0 Å². The van der Waals surface area contributed by atoms with Gasteiger partial charge in [0.2, 0.25) is 0 Å². The highest BCUT2D eigenvalue weighted by atomic mass is 32.2. The third kappa shape index (κ3) is 10.6. The molecule has 0 radical (unpaired) electrons. The summed E-state index contributed by atoms with van der Waals surface area (Å²) >= 11 is 0. The predicted octanol–water partition coefficient (Wildman–Crippen LogP) is 8.41. The number of fused-ring (bicyclic) bond motifs is 1. The highest BCUT2D eigenvalue weighted by Gasteiger charge is 2.23. The van der Waals surface area contributed by atoms with Crippen molar-refractivity contribution in [2.75, 3.05) is 0 Å². The maximum absolute atomic E-state index is 12.4. The van der Waals surface area contributed by atoms with E-state index in [1.165, 1.54) is 50.7 Å². The van der Waals surface area contributed by atoms with Crippen molar-refractivity contribution in [3.8, 4) is 0 Å². The molecule has 6 nitrogen and oxygen atoms in total. The van der Waals surface area contributed by atoms with Crippen molar-refractivity contribution < 1.29 is 25.9 Å². The molecule has 216 valence electrons. The molecule has 2 unspecified atom stereocenters. The van der Waals surface area contributed by atoms with Crippen LogP contribution in [0.2, 0.25) is 0 Å². The lowest BCUT2D eigenvalue weighted by atomic mass is 9.92. The van der Waals surface area contributed by atoms with Gasteiger partial charge in [-0.05, 0) is 60.1 Å². The van der Waals surface area contributed by atoms with E-state index in [0.717, 1.165) is 38.5 Å². The third-order valence-electron chi connectivity index (χ3n) is 7.44. The fourth-order valence-corrected chi connectivity index (χ4v) is 6.87. The molecule has 2 atom stereocenters. The zero-order valence-electron chi connectivity index (χ0n) is 23.7. The molecular weight excluding hydrogens is 520 g/mol. The van der Waals surface area contributed by atoms with Gasteiger partial charge >= 0.3 is 0 Å². The molecule has 0 saturated carbocycles. The Morgan fingerprint density at radius 2 is 0.921 bits per heavy atom. The summed E-state index contributed by atoms with van der Waals surface area (Å²) in [6, 6.07) is 6.23. The van der Waals surface area contributed by atoms with Crippen LogP contribution in [0.4, 0.5) is 0 Å². The Bertz CT molecular complexity index is 1140. The average Bonchev–Trinajstić information content (AvgIpc) is 2.82. The third-order valence-corrected chi connectivity index (χ3v) is 9.23. The summed E-state index contributed by atoms with van der Waals surface area (Å²) in [7, 11) is -9.24. The molecule has 2 rings (SSSR count). The molecule has 0 fully saturated rings. The second kappa shape index (κ2) is 15.3. The van der Waals surface area contributed by atoms with Gasteiger partial charge in [-0.3, -0.25) is 9.11 Å². The summed E-state index contributed by atoms with van der Waals surface area (Å²) in [5.41, 5.74) is 1.26. The van der Waals surface area contributed by atoms with E-state index in [9.17, 15) is 25.9 Å². The smallest absolute Gasteiger partial charge is 0.282 e. The summed E-state index contributed by atoms with van der Waals surface area (Å²) in [6.07, 6.45) is 14.7. The van der Waals surface area contributed by atoms with Crippen molar-refractivity contribution in [2.24, 2.45) is 11.8 Å². The topological polar surface area (TPSA) is 109 Å². The second-order valence-electron chi connectivity index (χ2n) is 11.3. The monoisotopic (exact) mass is 568 g/mol. The van der Waals surface area contributed by atoms with Gasteiger partial charge in [0, 0.05) is 10.8 Å². The maximum atomic E-state index is 12.4. The van der Waals surface area contributed by atoms with Crippen molar-refractivity contribution in [2.45, 2.75) is 127 Å². The van der Waals surface area contributed by atoms with Gasteiger partial charge in [-0.1, -0.05) is 105 Å². The summed E-state index contributed by atoms with van der Waals surface area (Å²) in [5, 5.41) is 0.257. The van der Waals surface area contributed by atoms with Crippen LogP contribution in [0.3, 0.4) is 0 Å². The molecular formula is C30H48O6S2. The van der Waals surface area contributed by atoms with Gasteiger partial charge in [0.05, 0.1) is 0 Å². The van der Waals surface area contributed by atoms with E-state index < -0.39 is 20.2 Å². The molecule has 0 aliphatic rings. The molecule has 8 heteroatoms. The minimum Gasteiger partial charge on any atom is -0.282 e. The fourth-order valence-electron chi connectivity index (χ4n) is 5.37. The van der Waals surface area contributed by atoms with E-state index in [-0.39, 0.29) is 32.4 Å². The van der Waals surface area contributed by atoms with Crippen molar-refractivity contribution in [3.05, 3.63) is 35.4 Å². The molecule has 0 spiro atoms. The van der Waals surface area contributed by atoms with Gasteiger partial charge in [-0.25, -0.2) is 0 Å². The Balaban J connectivity index is 2.39. The first-order valence-electron chi connectivity index (χ1n) is 14.4. The average molecular weight is 569 g/mol. The molecule has 0 aliphatic heterocycles. The Labute approximate surface area is 231 Å². The number of hydrogen-bond acceptors (Lipinski definition) is 4. The van der Waals surface area contributed by atoms with Gasteiger partial charge in [-0.2, -0.15) is 16.8 Å². The van der Waals surface area contributed by atoms with Crippen LogP contribution in [0.25, 0.3) is 10.8 Å². The van der Waals surface area contributed by atoms with Crippen molar-refractivity contribution >= 4 is 31.0 Å². The number of hydrogen-bond donors (Lipinski definition) is 2. The minimum absolute atomic E-state index is 0.128. The van der Waals surface area contributed by atoms with Gasteiger partial charge in [0.1, 0.15) is 9.79 Å². The van der Waals surface area contributed by atoms with Gasteiger partial charge in [0.15, 0.2) is 0 Å². The standard InChI is InChI=1S/C30H48O6S2/c1-5-7-9-11-13-15-23(3)17-25-19-27-28(29(21-25)37(31,32)33)20-26(22-30(27)38(34,35)36)18-24(4)16-14-12-10-8-6-2/h19-24H,5-18H2,1-4H3,(H,31,32,33)(H,34,35,36). The van der Waals surface area contributed by atoms with E-state index in [1.54, 1.807) is 12.1 Å². The molecule has 0 bridgehead atoms. The Morgan fingerprint density at radius 3 is 1.24 bits per heavy atom. The molecule has 0 aliphatic carbocycles. The highest BCUT2D eigenvalue weighted by molar-refractivity contribution is 7.86. The minimum atomic E-state index is -4.62. The second-order valence-corrected chi connectivity index (χ2v) is 14.0. The van der Waals surface area contributed by atoms with Crippen molar-refractivity contribution in [3.63, 3.8) is 0 Å². The molecule has 0 heterocycles. The van der Waals surface area contributed by atoms with Gasteiger partial charge in [-0.15, -0.1) is 0 Å². The molecule has 2 aromatic rings.